The van der Waals surface area contributed by atoms with Gasteiger partial charge in [0.2, 0.25) is 5.95 Å². The first-order valence-corrected chi connectivity index (χ1v) is 9.61. The summed E-state index contributed by atoms with van der Waals surface area (Å²) >= 11 is 0. The number of carboxylic acids is 1. The third-order valence-corrected chi connectivity index (χ3v) is 5.26. The van der Waals surface area contributed by atoms with Gasteiger partial charge in [0.25, 0.3) is 0 Å². The molecule has 4 rings (SSSR count). The smallest absolute Gasteiger partial charge is 0.306 e. The number of para-hydroxylation sites is 1. The first-order chi connectivity index (χ1) is 14.2. The molecule has 0 bridgehead atoms. The summed E-state index contributed by atoms with van der Waals surface area (Å²) in [5.41, 5.74) is 1.82. The summed E-state index contributed by atoms with van der Waals surface area (Å²) in [6, 6.07) is 9.67. The highest BCUT2D eigenvalue weighted by Gasteiger charge is 2.26. The van der Waals surface area contributed by atoms with E-state index in [0.717, 1.165) is 28.0 Å². The molecule has 0 saturated carbocycles. The Hall–Kier alpha value is -3.42. The van der Waals surface area contributed by atoms with Crippen LogP contribution in [0.2, 0.25) is 0 Å². The number of pyridine rings is 1. The van der Waals surface area contributed by atoms with Crippen LogP contribution in [-0.4, -0.2) is 46.2 Å². The molecule has 3 heterocycles. The minimum atomic E-state index is -0.718. The maximum atomic E-state index is 11.2. The molecule has 0 amide bonds. The Labute approximate surface area is 168 Å². The van der Waals surface area contributed by atoms with Crippen molar-refractivity contribution in [2.45, 2.75) is 19.4 Å². The number of methoxy groups -OCH3 is 1. The van der Waals surface area contributed by atoms with Gasteiger partial charge in [0.1, 0.15) is 11.6 Å². The Bertz CT molecular complexity index is 1020. The Morgan fingerprint density at radius 3 is 2.79 bits per heavy atom. The van der Waals surface area contributed by atoms with Crippen LogP contribution in [0, 0.1) is 5.92 Å². The maximum absolute atomic E-state index is 11.2. The second kappa shape index (κ2) is 8.30. The van der Waals surface area contributed by atoms with Crippen molar-refractivity contribution in [3.63, 3.8) is 0 Å². The minimum Gasteiger partial charge on any atom is -0.496 e. The largest absolute Gasteiger partial charge is 0.496 e. The van der Waals surface area contributed by atoms with Gasteiger partial charge in [-0.2, -0.15) is 0 Å². The lowest BCUT2D eigenvalue weighted by molar-refractivity contribution is -0.142. The highest BCUT2D eigenvalue weighted by atomic mass is 16.5. The molecule has 29 heavy (non-hydrogen) atoms. The molecule has 0 atom stereocenters. The van der Waals surface area contributed by atoms with Crippen molar-refractivity contribution in [3.8, 4) is 5.75 Å². The van der Waals surface area contributed by atoms with Gasteiger partial charge >= 0.3 is 5.97 Å². The Morgan fingerprint density at radius 2 is 2.03 bits per heavy atom. The van der Waals surface area contributed by atoms with E-state index < -0.39 is 5.97 Å². The maximum Gasteiger partial charge on any atom is 0.306 e. The number of hydrogen-bond donors (Lipinski definition) is 2. The Kier molecular flexibility index (Phi) is 5.41. The second-order valence-corrected chi connectivity index (χ2v) is 7.03. The lowest BCUT2D eigenvalue weighted by atomic mass is 9.97. The zero-order chi connectivity index (χ0) is 20.2. The fourth-order valence-corrected chi connectivity index (χ4v) is 3.64. The standard InChI is InChI=1S/C21H23N5O3/c1-29-18-5-3-2-4-15(18)12-23-21-24-13-16-17(25-21)6-9-22-19(16)26-10-7-14(8-11-26)20(27)28/h2-6,9,13-14H,7-8,10-12H2,1H3,(H,27,28)(H,23,24,25). The van der Waals surface area contributed by atoms with Gasteiger partial charge in [-0.05, 0) is 25.0 Å². The number of nitrogens with zero attached hydrogens (tertiary/aromatic N) is 4. The number of nitrogens with one attached hydrogen (secondary N) is 1. The van der Waals surface area contributed by atoms with Crippen LogP contribution in [0.25, 0.3) is 10.9 Å². The first-order valence-electron chi connectivity index (χ1n) is 9.61. The number of anilines is 2. The summed E-state index contributed by atoms with van der Waals surface area (Å²) in [7, 11) is 1.65. The van der Waals surface area contributed by atoms with E-state index in [1.165, 1.54) is 0 Å². The minimum absolute atomic E-state index is 0.275. The lowest BCUT2D eigenvalue weighted by Crippen LogP contribution is -2.36. The molecule has 1 aliphatic heterocycles. The fourth-order valence-electron chi connectivity index (χ4n) is 3.64. The second-order valence-electron chi connectivity index (χ2n) is 7.03. The van der Waals surface area contributed by atoms with Crippen molar-refractivity contribution in [3.05, 3.63) is 48.3 Å². The molecule has 0 aliphatic carbocycles. The number of carbonyl (C=O) groups is 1. The molecule has 150 valence electrons. The van der Waals surface area contributed by atoms with Gasteiger partial charge in [-0.3, -0.25) is 4.79 Å². The van der Waals surface area contributed by atoms with Gasteiger partial charge in [0, 0.05) is 37.6 Å². The predicted octanol–water partition coefficient (Wildman–Crippen LogP) is 2.95. The van der Waals surface area contributed by atoms with Crippen LogP contribution in [0.5, 0.6) is 5.75 Å². The lowest BCUT2D eigenvalue weighted by Gasteiger charge is -2.31. The molecule has 8 heteroatoms. The number of piperidine rings is 1. The van der Waals surface area contributed by atoms with Gasteiger partial charge in [-0.15, -0.1) is 0 Å². The molecule has 1 fully saturated rings. The average Bonchev–Trinajstić information content (AvgIpc) is 2.77. The van der Waals surface area contributed by atoms with Crippen molar-refractivity contribution in [2.75, 3.05) is 30.4 Å². The first kappa shape index (κ1) is 18.9. The number of ether oxygens (including phenoxy) is 1. The third kappa shape index (κ3) is 4.06. The Morgan fingerprint density at radius 1 is 1.24 bits per heavy atom. The number of rotatable bonds is 6. The van der Waals surface area contributed by atoms with Gasteiger partial charge in [0.15, 0.2) is 0 Å². The molecule has 8 nitrogen and oxygen atoms in total. The van der Waals surface area contributed by atoms with Gasteiger partial charge in [0.05, 0.1) is 23.9 Å². The fraction of sp³-hybridized carbons (Fsp3) is 0.333. The monoisotopic (exact) mass is 393 g/mol. The third-order valence-electron chi connectivity index (χ3n) is 5.26. The van der Waals surface area contributed by atoms with E-state index in [9.17, 15) is 9.90 Å². The highest BCUT2D eigenvalue weighted by molar-refractivity contribution is 5.89. The van der Waals surface area contributed by atoms with Crippen LogP contribution in [-0.2, 0) is 11.3 Å². The average molecular weight is 393 g/mol. The molecular weight excluding hydrogens is 370 g/mol. The summed E-state index contributed by atoms with van der Waals surface area (Å²) < 4.78 is 5.38. The molecule has 1 saturated heterocycles. The van der Waals surface area contributed by atoms with E-state index in [2.05, 4.69) is 25.2 Å². The topological polar surface area (TPSA) is 100 Å². The van der Waals surface area contributed by atoms with E-state index >= 15 is 0 Å². The van der Waals surface area contributed by atoms with Crippen LogP contribution in [0.3, 0.4) is 0 Å². The number of fused-ring (bicyclic) bond motifs is 1. The number of carboxylic acid groups (broad SMARTS) is 1. The molecule has 0 unspecified atom stereocenters. The van der Waals surface area contributed by atoms with Gasteiger partial charge < -0.3 is 20.1 Å². The summed E-state index contributed by atoms with van der Waals surface area (Å²) in [5, 5.41) is 13.3. The number of benzene rings is 1. The summed E-state index contributed by atoms with van der Waals surface area (Å²) in [4.78, 5) is 26.9. The van der Waals surface area contributed by atoms with Crippen molar-refractivity contribution < 1.29 is 14.6 Å². The number of aromatic nitrogens is 3. The van der Waals surface area contributed by atoms with Crippen molar-refractivity contribution in [1.82, 2.24) is 15.0 Å². The van der Waals surface area contributed by atoms with E-state index in [4.69, 9.17) is 4.74 Å². The Balaban J connectivity index is 1.51. The van der Waals surface area contributed by atoms with Gasteiger partial charge in [-0.25, -0.2) is 15.0 Å². The van der Waals surface area contributed by atoms with Crippen LogP contribution >= 0.6 is 0 Å². The molecule has 1 aromatic carbocycles. The summed E-state index contributed by atoms with van der Waals surface area (Å²) in [6.07, 6.45) is 4.75. The van der Waals surface area contributed by atoms with Crippen LogP contribution in [0.15, 0.2) is 42.7 Å². The molecule has 3 aromatic rings. The number of hydrogen-bond acceptors (Lipinski definition) is 7. The normalized spacial score (nSPS) is 14.7. The molecule has 2 aromatic heterocycles. The SMILES string of the molecule is COc1ccccc1CNc1ncc2c(N3CCC(C(=O)O)CC3)nccc2n1. The van der Waals surface area contributed by atoms with E-state index in [1.54, 1.807) is 19.5 Å². The van der Waals surface area contributed by atoms with Crippen LogP contribution in [0.4, 0.5) is 11.8 Å². The van der Waals surface area contributed by atoms with Crippen molar-refractivity contribution in [1.29, 1.82) is 0 Å². The predicted molar refractivity (Wildman–Crippen MR) is 110 cm³/mol. The van der Waals surface area contributed by atoms with Crippen molar-refractivity contribution >= 4 is 28.6 Å². The van der Waals surface area contributed by atoms with Crippen LogP contribution in [0.1, 0.15) is 18.4 Å². The molecule has 0 spiro atoms. The zero-order valence-electron chi connectivity index (χ0n) is 16.2. The molecule has 1 aliphatic rings. The van der Waals surface area contributed by atoms with E-state index in [-0.39, 0.29) is 5.92 Å². The zero-order valence-corrected chi connectivity index (χ0v) is 16.2. The van der Waals surface area contributed by atoms with Crippen molar-refractivity contribution in [2.24, 2.45) is 5.92 Å². The number of aliphatic carboxylic acids is 1. The van der Waals surface area contributed by atoms with Crippen LogP contribution < -0.4 is 15.0 Å². The molecule has 0 radical (unpaired) electrons. The molecular formula is C21H23N5O3. The quantitative estimate of drug-likeness (QED) is 0.659. The van der Waals surface area contributed by atoms with E-state index in [0.29, 0.717) is 38.4 Å². The summed E-state index contributed by atoms with van der Waals surface area (Å²) in [6.45, 7) is 1.88. The highest BCUT2D eigenvalue weighted by Crippen LogP contribution is 2.28. The summed E-state index contributed by atoms with van der Waals surface area (Å²) in [5.74, 6) is 1.16. The molecule has 2 N–H and O–H groups in total. The van der Waals surface area contributed by atoms with Gasteiger partial charge in [-0.1, -0.05) is 18.2 Å². The van der Waals surface area contributed by atoms with E-state index in [1.807, 2.05) is 30.3 Å².